The summed E-state index contributed by atoms with van der Waals surface area (Å²) in [6.07, 6.45) is 0. The van der Waals surface area contributed by atoms with Crippen molar-refractivity contribution >= 4 is 34.2 Å². The Labute approximate surface area is 123 Å². The molecule has 0 unspecified atom stereocenters. The highest BCUT2D eigenvalue weighted by Gasteiger charge is 2.14. The first-order valence-electron chi connectivity index (χ1n) is 6.40. The third-order valence-electron chi connectivity index (χ3n) is 2.75. The monoisotopic (exact) mass is 292 g/mol. The van der Waals surface area contributed by atoms with E-state index < -0.39 is 0 Å². The summed E-state index contributed by atoms with van der Waals surface area (Å²) in [6, 6.07) is 7.69. The van der Waals surface area contributed by atoms with E-state index in [-0.39, 0.29) is 23.8 Å². The Morgan fingerprint density at radius 3 is 2.75 bits per heavy atom. The molecule has 2 aromatic rings. The topological polar surface area (TPSA) is 58.1 Å². The summed E-state index contributed by atoms with van der Waals surface area (Å²) in [5.74, 6) is 0.598. The van der Waals surface area contributed by atoms with E-state index >= 15 is 0 Å². The van der Waals surface area contributed by atoms with Crippen LogP contribution in [-0.2, 0) is 4.79 Å². The van der Waals surface area contributed by atoms with Crippen LogP contribution < -0.4 is 10.2 Å². The van der Waals surface area contributed by atoms with Gasteiger partial charge >= 0.3 is 0 Å². The summed E-state index contributed by atoms with van der Waals surface area (Å²) in [6.45, 7) is 4.07. The van der Waals surface area contributed by atoms with Crippen molar-refractivity contribution in [2.24, 2.45) is 0 Å². The van der Waals surface area contributed by atoms with Gasteiger partial charge < -0.3 is 10.2 Å². The van der Waals surface area contributed by atoms with Crippen LogP contribution in [0.5, 0.6) is 0 Å². The van der Waals surface area contributed by atoms with Crippen LogP contribution in [0.4, 0.5) is 5.82 Å². The highest BCUT2D eigenvalue weighted by atomic mass is 35.5. The van der Waals surface area contributed by atoms with Gasteiger partial charge in [-0.3, -0.25) is 4.79 Å². The SMILES string of the molecule is CC(C)NC(=O)CN(C)c1nc(Cl)nc2ccccc12. The second-order valence-corrected chi connectivity index (χ2v) is 5.25. The number of nitrogens with zero attached hydrogens (tertiary/aromatic N) is 3. The molecule has 0 aliphatic carbocycles. The molecule has 0 spiro atoms. The molecule has 0 bridgehead atoms. The Morgan fingerprint density at radius 2 is 2.05 bits per heavy atom. The molecule has 0 aliphatic heterocycles. The number of benzene rings is 1. The normalized spacial score (nSPS) is 10.8. The van der Waals surface area contributed by atoms with Crippen LogP contribution in [-0.4, -0.2) is 35.5 Å². The fourth-order valence-corrected chi connectivity index (χ4v) is 2.15. The Morgan fingerprint density at radius 1 is 1.35 bits per heavy atom. The minimum absolute atomic E-state index is 0.0543. The molecule has 1 amide bonds. The molecule has 0 aliphatic rings. The molecule has 1 N–H and O–H groups in total. The second-order valence-electron chi connectivity index (χ2n) is 4.91. The van der Waals surface area contributed by atoms with Crippen LogP contribution >= 0.6 is 11.6 Å². The highest BCUT2D eigenvalue weighted by Crippen LogP contribution is 2.24. The number of hydrogen-bond acceptors (Lipinski definition) is 4. The number of rotatable bonds is 4. The zero-order valence-electron chi connectivity index (χ0n) is 11.7. The van der Waals surface area contributed by atoms with E-state index in [1.165, 1.54) is 0 Å². The van der Waals surface area contributed by atoms with Gasteiger partial charge in [-0.05, 0) is 37.6 Å². The average Bonchev–Trinajstić information content (AvgIpc) is 2.36. The first kappa shape index (κ1) is 14.5. The predicted octanol–water partition coefficient (Wildman–Crippen LogP) is 2.24. The van der Waals surface area contributed by atoms with Gasteiger partial charge in [0.15, 0.2) is 0 Å². The Kier molecular flexibility index (Phi) is 4.39. The fourth-order valence-electron chi connectivity index (χ4n) is 1.98. The second kappa shape index (κ2) is 6.05. The van der Waals surface area contributed by atoms with E-state index in [4.69, 9.17) is 11.6 Å². The molecule has 1 aromatic heterocycles. The van der Waals surface area contributed by atoms with Crippen molar-refractivity contribution < 1.29 is 4.79 Å². The molecule has 106 valence electrons. The predicted molar refractivity (Wildman–Crippen MR) is 81.1 cm³/mol. The van der Waals surface area contributed by atoms with Crippen LogP contribution in [0, 0.1) is 0 Å². The molecule has 2 rings (SSSR count). The highest BCUT2D eigenvalue weighted by molar-refractivity contribution is 6.28. The molecule has 0 saturated heterocycles. The summed E-state index contributed by atoms with van der Waals surface area (Å²) >= 11 is 5.94. The van der Waals surface area contributed by atoms with E-state index in [0.717, 1.165) is 10.9 Å². The van der Waals surface area contributed by atoms with Crippen LogP contribution in [0.1, 0.15) is 13.8 Å². The largest absolute Gasteiger partial charge is 0.352 e. The van der Waals surface area contributed by atoms with Gasteiger partial charge in [0.05, 0.1) is 12.1 Å². The number of fused-ring (bicyclic) bond motifs is 1. The number of amides is 1. The summed E-state index contributed by atoms with van der Waals surface area (Å²) in [5, 5.41) is 3.90. The Balaban J connectivity index is 2.30. The molecule has 5 nitrogen and oxygen atoms in total. The van der Waals surface area contributed by atoms with Gasteiger partial charge in [-0.25, -0.2) is 4.98 Å². The number of halogens is 1. The maximum Gasteiger partial charge on any atom is 0.239 e. The van der Waals surface area contributed by atoms with Crippen molar-refractivity contribution in [1.82, 2.24) is 15.3 Å². The van der Waals surface area contributed by atoms with Crippen LogP contribution in [0.2, 0.25) is 5.28 Å². The lowest BCUT2D eigenvalue weighted by molar-refractivity contribution is -0.120. The molecular formula is C14H17ClN4O. The number of anilines is 1. The molecular weight excluding hydrogens is 276 g/mol. The Bertz CT molecular complexity index is 630. The minimum atomic E-state index is -0.0543. The van der Waals surface area contributed by atoms with E-state index in [9.17, 15) is 4.79 Å². The van der Waals surface area contributed by atoms with E-state index in [1.807, 2.05) is 45.2 Å². The van der Waals surface area contributed by atoms with Gasteiger partial charge in [-0.15, -0.1) is 0 Å². The summed E-state index contributed by atoms with van der Waals surface area (Å²) in [7, 11) is 1.81. The van der Waals surface area contributed by atoms with Gasteiger partial charge in [0.2, 0.25) is 11.2 Å². The molecule has 20 heavy (non-hydrogen) atoms. The lowest BCUT2D eigenvalue weighted by atomic mass is 10.2. The zero-order chi connectivity index (χ0) is 14.7. The Hall–Kier alpha value is -1.88. The molecule has 0 atom stereocenters. The van der Waals surface area contributed by atoms with E-state index in [1.54, 1.807) is 4.90 Å². The fraction of sp³-hybridized carbons (Fsp3) is 0.357. The van der Waals surface area contributed by atoms with Crippen molar-refractivity contribution in [2.45, 2.75) is 19.9 Å². The van der Waals surface area contributed by atoms with Crippen molar-refractivity contribution in [3.05, 3.63) is 29.5 Å². The number of nitrogens with one attached hydrogen (secondary N) is 1. The van der Waals surface area contributed by atoms with Crippen LogP contribution in [0.25, 0.3) is 10.9 Å². The number of para-hydroxylation sites is 1. The van der Waals surface area contributed by atoms with Gasteiger partial charge in [-0.2, -0.15) is 4.98 Å². The molecule has 6 heteroatoms. The summed E-state index contributed by atoms with van der Waals surface area (Å²) in [5.41, 5.74) is 0.763. The molecule has 1 aromatic carbocycles. The van der Waals surface area contributed by atoms with Crippen molar-refractivity contribution in [3.63, 3.8) is 0 Å². The molecule has 1 heterocycles. The van der Waals surface area contributed by atoms with Crippen molar-refractivity contribution in [3.8, 4) is 0 Å². The first-order chi connectivity index (χ1) is 9.47. The van der Waals surface area contributed by atoms with Gasteiger partial charge in [0.25, 0.3) is 0 Å². The lowest BCUT2D eigenvalue weighted by Gasteiger charge is -2.20. The van der Waals surface area contributed by atoms with E-state index in [0.29, 0.717) is 5.82 Å². The smallest absolute Gasteiger partial charge is 0.239 e. The zero-order valence-corrected chi connectivity index (χ0v) is 12.5. The van der Waals surface area contributed by atoms with E-state index in [2.05, 4.69) is 15.3 Å². The lowest BCUT2D eigenvalue weighted by Crippen LogP contribution is -2.38. The maximum atomic E-state index is 11.8. The first-order valence-corrected chi connectivity index (χ1v) is 6.78. The van der Waals surface area contributed by atoms with Crippen LogP contribution in [0.3, 0.4) is 0 Å². The van der Waals surface area contributed by atoms with Crippen molar-refractivity contribution in [1.29, 1.82) is 0 Å². The van der Waals surface area contributed by atoms with Crippen molar-refractivity contribution in [2.75, 3.05) is 18.5 Å². The number of carbonyl (C=O) groups is 1. The van der Waals surface area contributed by atoms with Gasteiger partial charge in [0, 0.05) is 18.5 Å². The number of carbonyl (C=O) groups excluding carboxylic acids is 1. The van der Waals surface area contributed by atoms with Gasteiger partial charge in [-0.1, -0.05) is 12.1 Å². The maximum absolute atomic E-state index is 11.8. The van der Waals surface area contributed by atoms with Gasteiger partial charge in [0.1, 0.15) is 5.82 Å². The minimum Gasteiger partial charge on any atom is -0.352 e. The number of aromatic nitrogens is 2. The number of hydrogen-bond donors (Lipinski definition) is 1. The quantitative estimate of drug-likeness (QED) is 0.878. The third-order valence-corrected chi connectivity index (χ3v) is 2.92. The summed E-state index contributed by atoms with van der Waals surface area (Å²) in [4.78, 5) is 22.0. The van der Waals surface area contributed by atoms with Crippen LogP contribution in [0.15, 0.2) is 24.3 Å². The summed E-state index contributed by atoms with van der Waals surface area (Å²) < 4.78 is 0. The average molecular weight is 293 g/mol. The molecule has 0 radical (unpaired) electrons. The molecule has 0 saturated carbocycles. The standard InChI is InChI=1S/C14H17ClN4O/c1-9(2)16-12(20)8-19(3)13-10-6-4-5-7-11(10)17-14(15)18-13/h4-7,9H,8H2,1-3H3,(H,16,20). The number of likely N-dealkylation sites (N-methyl/N-ethyl adjacent to an activating group) is 1. The third kappa shape index (κ3) is 3.36. The molecule has 0 fully saturated rings.